The van der Waals surface area contributed by atoms with Gasteiger partial charge in [0.15, 0.2) is 0 Å². The van der Waals surface area contributed by atoms with Gasteiger partial charge in [0.25, 0.3) is 5.91 Å². The molecule has 2 aromatic rings. The molecule has 2 heterocycles. The average molecular weight is 321 g/mol. The number of H-pyrrole nitrogens is 2. The Morgan fingerprint density at radius 3 is 2.95 bits per heavy atom. The highest BCUT2D eigenvalue weighted by Gasteiger charge is 2.28. The van der Waals surface area contributed by atoms with Crippen molar-refractivity contribution in [2.24, 2.45) is 0 Å². The van der Waals surface area contributed by atoms with Gasteiger partial charge in [-0.05, 0) is 37.5 Å². The highest BCUT2D eigenvalue weighted by atomic mass is 35.5. The largest absolute Gasteiger partial charge is 0.340 e. The molecule has 0 saturated carbocycles. The fourth-order valence-electron chi connectivity index (χ4n) is 2.83. The zero-order valence-corrected chi connectivity index (χ0v) is 13.0. The molecular formula is C15H17ClN4O2. The number of aryl methyl sites for hydroxylation is 1. The summed E-state index contributed by atoms with van der Waals surface area (Å²) in [6, 6.07) is 5.44. The number of likely N-dealkylation sites (tertiary alicyclic amines) is 1. The number of nitrogens with one attached hydrogen (secondary N) is 2. The summed E-state index contributed by atoms with van der Waals surface area (Å²) in [6.45, 7) is 3.16. The Balaban J connectivity index is 1.79. The smallest absolute Gasteiger partial charge is 0.338 e. The number of halogens is 1. The third kappa shape index (κ3) is 2.92. The third-order valence-electron chi connectivity index (χ3n) is 3.97. The van der Waals surface area contributed by atoms with Gasteiger partial charge >= 0.3 is 5.69 Å². The molecule has 0 bridgehead atoms. The first kappa shape index (κ1) is 14.8. The van der Waals surface area contributed by atoms with Crippen LogP contribution in [0.1, 0.15) is 40.5 Å². The van der Waals surface area contributed by atoms with Gasteiger partial charge in [-0.15, -0.1) is 0 Å². The lowest BCUT2D eigenvalue weighted by Crippen LogP contribution is -2.39. The molecular weight excluding hydrogens is 304 g/mol. The second-order valence-corrected chi connectivity index (χ2v) is 6.04. The molecule has 1 aromatic heterocycles. The van der Waals surface area contributed by atoms with E-state index < -0.39 is 0 Å². The van der Waals surface area contributed by atoms with Crippen LogP contribution in [0.2, 0.25) is 5.02 Å². The van der Waals surface area contributed by atoms with Crippen LogP contribution in [-0.4, -0.2) is 39.1 Å². The van der Waals surface area contributed by atoms with Gasteiger partial charge in [-0.3, -0.25) is 9.78 Å². The second-order valence-electron chi connectivity index (χ2n) is 5.64. The van der Waals surface area contributed by atoms with Crippen molar-refractivity contribution in [2.45, 2.75) is 25.7 Å². The number of rotatable bonds is 2. The summed E-state index contributed by atoms with van der Waals surface area (Å²) in [5.41, 5.74) is 1.22. The maximum absolute atomic E-state index is 12.7. The van der Waals surface area contributed by atoms with E-state index in [1.807, 2.05) is 13.0 Å². The van der Waals surface area contributed by atoms with Gasteiger partial charge in [-0.1, -0.05) is 17.7 Å². The molecule has 1 atom stereocenters. The monoisotopic (exact) mass is 320 g/mol. The predicted octanol–water partition coefficient (Wildman–Crippen LogP) is 2.08. The standard InChI is InChI=1S/C15H17ClN4O2/c1-9-4-5-11(12(16)7-9)14(21)20-6-2-3-10(8-20)13-17-15(22)19-18-13/h4-5,7,10H,2-3,6,8H2,1H3,(H2,17,18,19,22)/t10-/m0/s1. The molecule has 0 radical (unpaired) electrons. The number of hydrogen-bond acceptors (Lipinski definition) is 3. The molecule has 0 aliphatic carbocycles. The Bertz CT molecular complexity index is 752. The molecule has 0 spiro atoms. The van der Waals surface area contributed by atoms with Crippen LogP contribution in [-0.2, 0) is 0 Å². The van der Waals surface area contributed by atoms with Gasteiger partial charge < -0.3 is 4.90 Å². The van der Waals surface area contributed by atoms with Crippen LogP contribution in [0.15, 0.2) is 23.0 Å². The summed E-state index contributed by atoms with van der Waals surface area (Å²) in [5, 5.41) is 6.82. The van der Waals surface area contributed by atoms with Crippen molar-refractivity contribution >= 4 is 17.5 Å². The molecule has 2 N–H and O–H groups in total. The van der Waals surface area contributed by atoms with Crippen molar-refractivity contribution in [1.82, 2.24) is 20.1 Å². The number of carbonyl (C=O) groups excluding carboxylic acids is 1. The zero-order chi connectivity index (χ0) is 15.7. The zero-order valence-electron chi connectivity index (χ0n) is 12.2. The van der Waals surface area contributed by atoms with Crippen LogP contribution in [0.25, 0.3) is 0 Å². The fourth-order valence-corrected chi connectivity index (χ4v) is 3.14. The van der Waals surface area contributed by atoms with E-state index in [1.165, 1.54) is 0 Å². The second kappa shape index (κ2) is 5.96. The number of carbonyl (C=O) groups is 1. The SMILES string of the molecule is Cc1ccc(C(=O)N2CCC[C@H](c3n[nH]c(=O)[nH]3)C2)c(Cl)c1. The van der Waals surface area contributed by atoms with E-state index >= 15 is 0 Å². The van der Waals surface area contributed by atoms with E-state index in [0.29, 0.717) is 29.5 Å². The molecule has 1 aromatic carbocycles. The Morgan fingerprint density at radius 1 is 1.45 bits per heavy atom. The van der Waals surface area contributed by atoms with Crippen LogP contribution in [0, 0.1) is 6.92 Å². The maximum Gasteiger partial charge on any atom is 0.340 e. The maximum atomic E-state index is 12.7. The highest BCUT2D eigenvalue weighted by molar-refractivity contribution is 6.33. The van der Waals surface area contributed by atoms with Gasteiger partial charge in [-0.25, -0.2) is 9.89 Å². The molecule has 1 aliphatic rings. The Labute approximate surface area is 132 Å². The first-order valence-electron chi connectivity index (χ1n) is 7.24. The van der Waals surface area contributed by atoms with Gasteiger partial charge in [0.05, 0.1) is 10.6 Å². The Kier molecular flexibility index (Phi) is 4.02. The van der Waals surface area contributed by atoms with Crippen molar-refractivity contribution in [1.29, 1.82) is 0 Å². The number of piperidine rings is 1. The van der Waals surface area contributed by atoms with E-state index in [-0.39, 0.29) is 17.5 Å². The van der Waals surface area contributed by atoms with Gasteiger partial charge in [0.2, 0.25) is 0 Å². The minimum Gasteiger partial charge on any atom is -0.338 e. The van der Waals surface area contributed by atoms with Crippen LogP contribution < -0.4 is 5.69 Å². The number of hydrogen-bond donors (Lipinski definition) is 2. The van der Waals surface area contributed by atoms with Crippen LogP contribution >= 0.6 is 11.6 Å². The number of aromatic amines is 2. The molecule has 22 heavy (non-hydrogen) atoms. The summed E-state index contributed by atoms with van der Waals surface area (Å²) in [7, 11) is 0. The molecule has 1 saturated heterocycles. The van der Waals surface area contributed by atoms with Gasteiger partial charge in [0.1, 0.15) is 5.82 Å². The van der Waals surface area contributed by atoms with E-state index in [4.69, 9.17) is 11.6 Å². The molecule has 1 aliphatic heterocycles. The molecule has 0 unspecified atom stereocenters. The van der Waals surface area contributed by atoms with Crippen molar-refractivity contribution in [3.05, 3.63) is 50.7 Å². The number of amides is 1. The Morgan fingerprint density at radius 2 is 2.27 bits per heavy atom. The number of benzene rings is 1. The van der Waals surface area contributed by atoms with Gasteiger partial charge in [0, 0.05) is 19.0 Å². The molecule has 1 amide bonds. The molecule has 3 rings (SSSR count). The van der Waals surface area contributed by atoms with Crippen molar-refractivity contribution in [2.75, 3.05) is 13.1 Å². The summed E-state index contributed by atoms with van der Waals surface area (Å²) >= 11 is 6.19. The third-order valence-corrected chi connectivity index (χ3v) is 4.28. The summed E-state index contributed by atoms with van der Waals surface area (Å²) in [5.74, 6) is 0.575. The highest BCUT2D eigenvalue weighted by Crippen LogP contribution is 2.26. The van der Waals surface area contributed by atoms with E-state index in [2.05, 4.69) is 15.2 Å². The summed E-state index contributed by atoms with van der Waals surface area (Å²) in [6.07, 6.45) is 1.76. The quantitative estimate of drug-likeness (QED) is 0.888. The lowest BCUT2D eigenvalue weighted by molar-refractivity contribution is 0.0705. The molecule has 116 valence electrons. The lowest BCUT2D eigenvalue weighted by atomic mass is 9.96. The first-order valence-corrected chi connectivity index (χ1v) is 7.62. The summed E-state index contributed by atoms with van der Waals surface area (Å²) in [4.78, 5) is 28.3. The van der Waals surface area contributed by atoms with Crippen LogP contribution in [0.5, 0.6) is 0 Å². The minimum absolute atomic E-state index is 0.0425. The van der Waals surface area contributed by atoms with E-state index in [0.717, 1.165) is 18.4 Å². The van der Waals surface area contributed by atoms with Crippen molar-refractivity contribution in [3.8, 4) is 0 Å². The van der Waals surface area contributed by atoms with Gasteiger partial charge in [-0.2, -0.15) is 5.10 Å². The summed E-state index contributed by atoms with van der Waals surface area (Å²) < 4.78 is 0. The number of aromatic nitrogens is 3. The first-order chi connectivity index (χ1) is 10.5. The molecule has 6 nitrogen and oxygen atoms in total. The van der Waals surface area contributed by atoms with Crippen molar-refractivity contribution in [3.63, 3.8) is 0 Å². The topological polar surface area (TPSA) is 81.8 Å². The Hall–Kier alpha value is -2.08. The fraction of sp³-hybridized carbons (Fsp3) is 0.400. The van der Waals surface area contributed by atoms with Crippen LogP contribution in [0.3, 0.4) is 0 Å². The normalized spacial score (nSPS) is 18.5. The lowest BCUT2D eigenvalue weighted by Gasteiger charge is -2.31. The number of nitrogens with zero attached hydrogens (tertiary/aromatic N) is 2. The van der Waals surface area contributed by atoms with E-state index in [1.54, 1.807) is 17.0 Å². The molecule has 7 heteroatoms. The van der Waals surface area contributed by atoms with Crippen molar-refractivity contribution < 1.29 is 4.79 Å². The molecule has 1 fully saturated rings. The minimum atomic E-state index is -0.319. The average Bonchev–Trinajstić information content (AvgIpc) is 2.93. The predicted molar refractivity (Wildman–Crippen MR) is 83.3 cm³/mol. The van der Waals surface area contributed by atoms with Crippen LogP contribution in [0.4, 0.5) is 0 Å². The van der Waals surface area contributed by atoms with E-state index in [9.17, 15) is 9.59 Å².